The fourth-order valence-electron chi connectivity index (χ4n) is 5.50. The Balaban J connectivity index is 3.80. The second-order valence-electron chi connectivity index (χ2n) is 12.8. The number of carbonyl (C=O) groups excluding carboxylic acids is 2. The van der Waals surface area contributed by atoms with Crippen LogP contribution in [0, 0.1) is 0 Å². The number of unbranched alkanes of at least 4 members (excludes halogenated alkanes) is 24. The lowest BCUT2D eigenvalue weighted by molar-refractivity contribution is -0.149. The number of aliphatic hydroxyl groups is 2. The summed E-state index contributed by atoms with van der Waals surface area (Å²) < 4.78 is 5.35. The third kappa shape index (κ3) is 26.5. The summed E-state index contributed by atoms with van der Waals surface area (Å²) in [6, 6.07) is 0. The van der Waals surface area contributed by atoms with Crippen LogP contribution in [0.5, 0.6) is 0 Å². The molecule has 0 aliphatic heterocycles. The zero-order chi connectivity index (χ0) is 31.0. The highest BCUT2D eigenvalue weighted by molar-refractivity contribution is 5.77. The molecule has 0 rings (SSSR count). The third-order valence-corrected chi connectivity index (χ3v) is 8.51. The first kappa shape index (κ1) is 40.9. The Morgan fingerprint density at radius 2 is 0.810 bits per heavy atom. The highest BCUT2D eigenvalue weighted by Gasteiger charge is 2.32. The number of carbonyl (C=O) groups is 2. The van der Waals surface area contributed by atoms with Gasteiger partial charge < -0.3 is 20.3 Å². The van der Waals surface area contributed by atoms with Crippen molar-refractivity contribution in [2.75, 3.05) is 19.8 Å². The number of rotatable bonds is 33. The normalized spacial score (nSPS) is 11.6. The minimum absolute atomic E-state index is 0.207. The van der Waals surface area contributed by atoms with Crippen molar-refractivity contribution >= 4 is 11.9 Å². The molecule has 0 aliphatic rings. The van der Waals surface area contributed by atoms with Gasteiger partial charge in [0.15, 0.2) is 0 Å². The van der Waals surface area contributed by atoms with Crippen LogP contribution in [-0.4, -0.2) is 47.4 Å². The average Bonchev–Trinajstić information content (AvgIpc) is 3.00. The van der Waals surface area contributed by atoms with E-state index in [0.717, 1.165) is 38.5 Å². The summed E-state index contributed by atoms with van der Waals surface area (Å²) >= 11 is 0. The van der Waals surface area contributed by atoms with Crippen molar-refractivity contribution in [3.05, 3.63) is 0 Å². The van der Waals surface area contributed by atoms with E-state index < -0.39 is 18.8 Å². The Morgan fingerprint density at radius 1 is 0.500 bits per heavy atom. The molecule has 0 aromatic heterocycles. The van der Waals surface area contributed by atoms with E-state index in [2.05, 4.69) is 19.2 Å². The summed E-state index contributed by atoms with van der Waals surface area (Å²) in [4.78, 5) is 24.7. The molecule has 0 radical (unpaired) electrons. The first-order valence-corrected chi connectivity index (χ1v) is 18.2. The Hall–Kier alpha value is -1.14. The Labute approximate surface area is 260 Å². The maximum atomic E-state index is 12.5. The minimum atomic E-state index is -1.32. The Bertz CT molecular complexity index is 593. The smallest absolute Gasteiger partial charge is 0.305 e. The van der Waals surface area contributed by atoms with Gasteiger partial charge in [-0.2, -0.15) is 0 Å². The summed E-state index contributed by atoms with van der Waals surface area (Å²) in [5, 5.41) is 22.4. The van der Waals surface area contributed by atoms with E-state index >= 15 is 0 Å². The molecule has 6 nitrogen and oxygen atoms in total. The number of amides is 1. The summed E-state index contributed by atoms with van der Waals surface area (Å²) in [5.41, 5.74) is -1.32. The first-order valence-electron chi connectivity index (χ1n) is 18.2. The molecule has 0 heterocycles. The second-order valence-corrected chi connectivity index (χ2v) is 12.8. The van der Waals surface area contributed by atoms with E-state index in [4.69, 9.17) is 4.74 Å². The largest absolute Gasteiger partial charge is 0.463 e. The molecule has 0 unspecified atom stereocenters. The molecule has 3 N–H and O–H groups in total. The predicted molar refractivity (Wildman–Crippen MR) is 177 cm³/mol. The Morgan fingerprint density at radius 3 is 1.14 bits per heavy atom. The average molecular weight is 598 g/mol. The highest BCUT2D eigenvalue weighted by Crippen LogP contribution is 2.15. The lowest BCUT2D eigenvalue weighted by Crippen LogP contribution is -2.57. The van der Waals surface area contributed by atoms with Gasteiger partial charge in [0.05, 0.1) is 13.2 Å². The van der Waals surface area contributed by atoms with Crippen molar-refractivity contribution in [3.63, 3.8) is 0 Å². The van der Waals surface area contributed by atoms with Gasteiger partial charge >= 0.3 is 5.97 Å². The topological polar surface area (TPSA) is 95.9 Å². The molecule has 0 aliphatic carbocycles. The third-order valence-electron chi connectivity index (χ3n) is 8.51. The SMILES string of the molecule is CCCCCCCCCCCCCCCC(=O)NC(CO)(CO)COC(=O)CCCCCCCCCCCCCCC. The van der Waals surface area contributed by atoms with Crippen LogP contribution < -0.4 is 5.32 Å². The van der Waals surface area contributed by atoms with Gasteiger partial charge in [-0.1, -0.05) is 168 Å². The van der Waals surface area contributed by atoms with E-state index in [1.807, 2.05) is 0 Å². The van der Waals surface area contributed by atoms with Crippen molar-refractivity contribution in [1.82, 2.24) is 5.32 Å². The number of hydrogen-bond donors (Lipinski definition) is 3. The van der Waals surface area contributed by atoms with Crippen molar-refractivity contribution in [1.29, 1.82) is 0 Å². The molecule has 0 atom stereocenters. The van der Waals surface area contributed by atoms with Crippen LogP contribution in [0.15, 0.2) is 0 Å². The number of ether oxygens (including phenoxy) is 1. The molecule has 0 aromatic carbocycles. The molecule has 0 spiro atoms. The molecule has 0 aromatic rings. The van der Waals surface area contributed by atoms with Crippen molar-refractivity contribution < 1.29 is 24.5 Å². The van der Waals surface area contributed by atoms with Crippen molar-refractivity contribution in [2.24, 2.45) is 0 Å². The molecule has 1 amide bonds. The lowest BCUT2D eigenvalue weighted by atomic mass is 10.0. The van der Waals surface area contributed by atoms with Gasteiger partial charge in [-0.05, 0) is 12.8 Å². The van der Waals surface area contributed by atoms with E-state index in [1.54, 1.807) is 0 Å². The summed E-state index contributed by atoms with van der Waals surface area (Å²) in [6.07, 6.45) is 33.1. The van der Waals surface area contributed by atoms with E-state index in [9.17, 15) is 19.8 Å². The standard InChI is InChI=1S/C36H71NO5/c1-3-5-7-9-11-13-15-17-19-21-23-25-27-29-34(40)37-36(31-38,32-39)33-42-35(41)30-28-26-24-22-20-18-16-14-12-10-8-6-4-2/h38-39H,3-33H2,1-2H3,(H,37,40). The van der Waals surface area contributed by atoms with Crippen LogP contribution in [0.2, 0.25) is 0 Å². The van der Waals surface area contributed by atoms with Gasteiger partial charge in [-0.25, -0.2) is 0 Å². The second kappa shape index (κ2) is 31.3. The van der Waals surface area contributed by atoms with Gasteiger partial charge in [-0.3, -0.25) is 9.59 Å². The van der Waals surface area contributed by atoms with Crippen LogP contribution in [-0.2, 0) is 14.3 Å². The van der Waals surface area contributed by atoms with Gasteiger partial charge in [0.25, 0.3) is 0 Å². The molecular formula is C36H71NO5. The number of esters is 1. The number of nitrogens with one attached hydrogen (secondary N) is 1. The quantitative estimate of drug-likeness (QED) is 0.0517. The number of aliphatic hydroxyl groups excluding tert-OH is 2. The van der Waals surface area contributed by atoms with E-state index in [-0.39, 0.29) is 18.5 Å². The zero-order valence-electron chi connectivity index (χ0n) is 28.0. The molecular weight excluding hydrogens is 526 g/mol. The molecule has 42 heavy (non-hydrogen) atoms. The van der Waals surface area contributed by atoms with Gasteiger partial charge in [0, 0.05) is 12.8 Å². The van der Waals surface area contributed by atoms with Crippen LogP contribution in [0.25, 0.3) is 0 Å². The molecule has 0 saturated carbocycles. The fourth-order valence-corrected chi connectivity index (χ4v) is 5.50. The molecule has 0 saturated heterocycles. The van der Waals surface area contributed by atoms with Crippen LogP contribution in [0.4, 0.5) is 0 Å². The van der Waals surface area contributed by atoms with E-state index in [0.29, 0.717) is 12.8 Å². The summed E-state index contributed by atoms with van der Waals surface area (Å²) in [6.45, 7) is 3.36. The fraction of sp³-hybridized carbons (Fsp3) is 0.944. The van der Waals surface area contributed by atoms with Crippen molar-refractivity contribution in [3.8, 4) is 0 Å². The van der Waals surface area contributed by atoms with Gasteiger partial charge in [0.1, 0.15) is 12.1 Å². The molecule has 0 fully saturated rings. The molecule has 0 bridgehead atoms. The molecule has 250 valence electrons. The van der Waals surface area contributed by atoms with Crippen LogP contribution >= 0.6 is 0 Å². The highest BCUT2D eigenvalue weighted by atomic mass is 16.5. The minimum Gasteiger partial charge on any atom is -0.463 e. The van der Waals surface area contributed by atoms with Crippen molar-refractivity contribution in [2.45, 2.75) is 199 Å². The number of hydrogen-bond acceptors (Lipinski definition) is 5. The monoisotopic (exact) mass is 598 g/mol. The Kier molecular flexibility index (Phi) is 30.4. The van der Waals surface area contributed by atoms with Crippen LogP contribution in [0.3, 0.4) is 0 Å². The van der Waals surface area contributed by atoms with Crippen LogP contribution in [0.1, 0.15) is 194 Å². The summed E-state index contributed by atoms with van der Waals surface area (Å²) in [5.74, 6) is -0.552. The lowest BCUT2D eigenvalue weighted by Gasteiger charge is -2.30. The first-order chi connectivity index (χ1) is 20.5. The predicted octanol–water partition coefficient (Wildman–Crippen LogP) is 9.33. The molecule has 6 heteroatoms. The summed E-state index contributed by atoms with van der Waals surface area (Å²) in [7, 11) is 0. The van der Waals surface area contributed by atoms with Gasteiger partial charge in [-0.15, -0.1) is 0 Å². The van der Waals surface area contributed by atoms with E-state index in [1.165, 1.54) is 128 Å². The maximum Gasteiger partial charge on any atom is 0.305 e. The van der Waals surface area contributed by atoms with Gasteiger partial charge in [0.2, 0.25) is 5.91 Å². The maximum absolute atomic E-state index is 12.5. The zero-order valence-corrected chi connectivity index (χ0v) is 28.0.